The number of hydrogen-bond donors (Lipinski definition) is 0. The molecule has 0 saturated heterocycles. The molecule has 0 saturated carbocycles. The van der Waals surface area contributed by atoms with Crippen LogP contribution in [0.4, 0.5) is 0 Å². The van der Waals surface area contributed by atoms with Crippen LogP contribution in [0.1, 0.15) is 66.4 Å². The first-order chi connectivity index (χ1) is 9.50. The van der Waals surface area contributed by atoms with Gasteiger partial charge >= 0.3 is 0 Å². The zero-order valence-electron chi connectivity index (χ0n) is 14.6. The number of rotatable bonds is 5. The molecule has 1 aromatic carbocycles. The minimum atomic E-state index is -0.257. The molecular formula is C19H30OS. The van der Waals surface area contributed by atoms with Crippen LogP contribution in [-0.2, 0) is 4.79 Å². The number of hydrogen-bond acceptors (Lipinski definition) is 2. The van der Waals surface area contributed by atoms with E-state index in [4.69, 9.17) is 0 Å². The summed E-state index contributed by atoms with van der Waals surface area (Å²) in [4.78, 5) is 12.5. The van der Waals surface area contributed by atoms with Crippen molar-refractivity contribution in [3.63, 3.8) is 0 Å². The molecule has 2 heteroatoms. The number of ketones is 1. The largest absolute Gasteiger partial charge is 0.299 e. The Balaban J connectivity index is 2.95. The number of carbonyl (C=O) groups excluding carboxylic acids is 1. The molecule has 0 fully saturated rings. The Morgan fingerprint density at radius 1 is 1.05 bits per heavy atom. The SMILES string of the molecule is C[C@H](c1ccccc1)[C@@H](CC(=O)C(C)(C)C)SC(C)(C)C. The van der Waals surface area contributed by atoms with Crippen molar-refractivity contribution < 1.29 is 4.79 Å². The Kier molecular flexibility index (Phi) is 6.10. The summed E-state index contributed by atoms with van der Waals surface area (Å²) >= 11 is 1.93. The third-order valence-corrected chi connectivity index (χ3v) is 5.20. The third kappa shape index (κ3) is 6.25. The second-order valence-corrected chi connectivity index (χ2v) is 9.91. The van der Waals surface area contributed by atoms with Gasteiger partial charge in [-0.15, -0.1) is 0 Å². The van der Waals surface area contributed by atoms with E-state index in [1.165, 1.54) is 5.56 Å². The zero-order chi connectivity index (χ0) is 16.3. The fraction of sp³-hybridized carbons (Fsp3) is 0.632. The van der Waals surface area contributed by atoms with Crippen molar-refractivity contribution in [2.45, 2.75) is 70.8 Å². The van der Waals surface area contributed by atoms with Crippen molar-refractivity contribution in [1.82, 2.24) is 0 Å². The smallest absolute Gasteiger partial charge is 0.139 e. The van der Waals surface area contributed by atoms with Gasteiger partial charge in [0.15, 0.2) is 0 Å². The van der Waals surface area contributed by atoms with Gasteiger partial charge in [0, 0.05) is 21.8 Å². The van der Waals surface area contributed by atoms with Gasteiger partial charge in [0.05, 0.1) is 0 Å². The average Bonchev–Trinajstić information content (AvgIpc) is 2.35. The second kappa shape index (κ2) is 7.00. The molecule has 0 heterocycles. The van der Waals surface area contributed by atoms with Crippen LogP contribution in [0, 0.1) is 5.41 Å². The van der Waals surface area contributed by atoms with Crippen molar-refractivity contribution in [3.8, 4) is 0 Å². The molecule has 0 aliphatic carbocycles. The molecule has 1 rings (SSSR count). The summed E-state index contributed by atoms with van der Waals surface area (Å²) in [5.41, 5.74) is 1.06. The van der Waals surface area contributed by atoms with E-state index in [1.807, 2.05) is 38.6 Å². The van der Waals surface area contributed by atoms with Crippen molar-refractivity contribution >= 4 is 17.5 Å². The lowest BCUT2D eigenvalue weighted by Gasteiger charge is -2.32. The Morgan fingerprint density at radius 2 is 1.57 bits per heavy atom. The number of benzene rings is 1. The van der Waals surface area contributed by atoms with Crippen LogP contribution in [0.2, 0.25) is 0 Å². The maximum atomic E-state index is 12.5. The second-order valence-electron chi connectivity index (χ2n) is 7.85. The van der Waals surface area contributed by atoms with Crippen LogP contribution >= 0.6 is 11.8 Å². The molecule has 0 N–H and O–H groups in total. The highest BCUT2D eigenvalue weighted by Gasteiger charge is 2.31. The summed E-state index contributed by atoms with van der Waals surface area (Å²) in [5.74, 6) is 0.730. The first kappa shape index (κ1) is 18.3. The third-order valence-electron chi connectivity index (χ3n) is 3.61. The summed E-state index contributed by atoms with van der Waals surface area (Å²) in [6.45, 7) is 15.0. The van der Waals surface area contributed by atoms with Crippen LogP contribution in [0.3, 0.4) is 0 Å². The quantitative estimate of drug-likeness (QED) is 0.694. The lowest BCUT2D eigenvalue weighted by atomic mass is 9.85. The highest BCUT2D eigenvalue weighted by atomic mass is 32.2. The molecule has 0 spiro atoms. The lowest BCUT2D eigenvalue weighted by Crippen LogP contribution is -2.29. The van der Waals surface area contributed by atoms with E-state index in [1.54, 1.807) is 0 Å². The highest BCUT2D eigenvalue weighted by molar-refractivity contribution is 8.01. The topological polar surface area (TPSA) is 17.1 Å². The molecule has 21 heavy (non-hydrogen) atoms. The van der Waals surface area contributed by atoms with Crippen molar-refractivity contribution in [2.24, 2.45) is 5.41 Å². The van der Waals surface area contributed by atoms with Crippen LogP contribution < -0.4 is 0 Å². The van der Waals surface area contributed by atoms with Gasteiger partial charge in [-0.3, -0.25) is 4.79 Å². The van der Waals surface area contributed by atoms with E-state index >= 15 is 0 Å². The van der Waals surface area contributed by atoms with Crippen molar-refractivity contribution in [1.29, 1.82) is 0 Å². The molecule has 0 aliphatic heterocycles. The molecule has 0 amide bonds. The van der Waals surface area contributed by atoms with Gasteiger partial charge in [-0.1, -0.05) is 78.8 Å². The van der Waals surface area contributed by atoms with Gasteiger partial charge in [-0.25, -0.2) is 0 Å². The Morgan fingerprint density at radius 3 is 2.00 bits per heavy atom. The van der Waals surface area contributed by atoms with Crippen molar-refractivity contribution in [2.75, 3.05) is 0 Å². The zero-order valence-corrected chi connectivity index (χ0v) is 15.4. The molecular weight excluding hydrogens is 276 g/mol. The van der Waals surface area contributed by atoms with Gasteiger partial charge in [0.2, 0.25) is 0 Å². The fourth-order valence-corrected chi connectivity index (χ4v) is 3.74. The fourth-order valence-electron chi connectivity index (χ4n) is 2.23. The predicted molar refractivity (Wildman–Crippen MR) is 95.1 cm³/mol. The molecule has 2 atom stereocenters. The molecule has 0 aromatic heterocycles. The van der Waals surface area contributed by atoms with E-state index in [0.717, 1.165) is 0 Å². The van der Waals surface area contributed by atoms with Crippen LogP contribution in [0.5, 0.6) is 0 Å². The van der Waals surface area contributed by atoms with Crippen LogP contribution in [0.15, 0.2) is 30.3 Å². The minimum absolute atomic E-state index is 0.159. The van der Waals surface area contributed by atoms with Gasteiger partial charge < -0.3 is 0 Å². The molecule has 0 radical (unpaired) electrons. The Bertz CT molecular complexity index is 451. The number of thioether (sulfide) groups is 1. The standard InChI is InChI=1S/C19H30OS/c1-14(15-11-9-8-10-12-15)16(21-19(5,6)7)13-17(20)18(2,3)4/h8-12,14,16H,13H2,1-7H3/t14-,16-/m1/s1. The van der Waals surface area contributed by atoms with Crippen molar-refractivity contribution in [3.05, 3.63) is 35.9 Å². The lowest BCUT2D eigenvalue weighted by molar-refractivity contribution is -0.126. The van der Waals surface area contributed by atoms with Crippen LogP contribution in [0.25, 0.3) is 0 Å². The summed E-state index contributed by atoms with van der Waals surface area (Å²) < 4.78 is 0.159. The highest BCUT2D eigenvalue weighted by Crippen LogP contribution is 2.39. The van der Waals surface area contributed by atoms with E-state index < -0.39 is 0 Å². The number of carbonyl (C=O) groups is 1. The van der Waals surface area contributed by atoms with E-state index in [0.29, 0.717) is 23.4 Å². The maximum Gasteiger partial charge on any atom is 0.139 e. The molecule has 0 aliphatic rings. The van der Waals surface area contributed by atoms with Gasteiger partial charge in [-0.2, -0.15) is 11.8 Å². The maximum absolute atomic E-state index is 12.5. The Hall–Kier alpha value is -0.760. The monoisotopic (exact) mass is 306 g/mol. The normalized spacial score (nSPS) is 15.6. The van der Waals surface area contributed by atoms with E-state index in [-0.39, 0.29) is 10.2 Å². The number of Topliss-reactive ketones (excluding diaryl/α,β-unsaturated/α-hetero) is 1. The van der Waals surface area contributed by atoms with Gasteiger partial charge in [0.1, 0.15) is 5.78 Å². The molecule has 118 valence electrons. The Labute approximate surface area is 134 Å². The predicted octanol–water partition coefficient (Wildman–Crippen LogP) is 5.70. The summed E-state index contributed by atoms with van der Waals surface area (Å²) in [6.07, 6.45) is 0.640. The minimum Gasteiger partial charge on any atom is -0.299 e. The van der Waals surface area contributed by atoms with Gasteiger partial charge in [0.25, 0.3) is 0 Å². The first-order valence-corrected chi connectivity index (χ1v) is 8.65. The average molecular weight is 307 g/mol. The summed E-state index contributed by atoms with van der Waals surface area (Å²) in [6, 6.07) is 10.5. The van der Waals surface area contributed by atoms with E-state index in [2.05, 4.69) is 52.0 Å². The first-order valence-electron chi connectivity index (χ1n) is 7.77. The van der Waals surface area contributed by atoms with Gasteiger partial charge in [-0.05, 0) is 11.5 Å². The summed E-state index contributed by atoms with van der Waals surface area (Å²) in [7, 11) is 0. The molecule has 1 aromatic rings. The molecule has 0 bridgehead atoms. The van der Waals surface area contributed by atoms with Crippen LogP contribution in [-0.4, -0.2) is 15.8 Å². The summed E-state index contributed by atoms with van der Waals surface area (Å²) in [5, 5.41) is 0.319. The molecule has 0 unspecified atom stereocenters. The molecule has 1 nitrogen and oxygen atoms in total. The van der Waals surface area contributed by atoms with E-state index in [9.17, 15) is 4.79 Å².